The van der Waals surface area contributed by atoms with Gasteiger partial charge in [-0.3, -0.25) is 9.78 Å². The maximum Gasteiger partial charge on any atom is 0.274 e. The molecule has 0 unspecified atom stereocenters. The van der Waals surface area contributed by atoms with Crippen molar-refractivity contribution < 1.29 is 4.79 Å². The van der Waals surface area contributed by atoms with Crippen molar-refractivity contribution in [3.05, 3.63) is 42.1 Å². The normalized spacial score (nSPS) is 18.0. The molecule has 3 aromatic rings. The lowest BCUT2D eigenvalue weighted by Crippen LogP contribution is -2.39. The molecule has 0 bridgehead atoms. The Morgan fingerprint density at radius 2 is 2.21 bits per heavy atom. The van der Waals surface area contributed by atoms with Crippen LogP contribution in [0, 0.1) is 0 Å². The number of rotatable bonds is 2. The number of carbonyl (C=O) groups excluding carboxylic acids is 1. The van der Waals surface area contributed by atoms with E-state index in [0.29, 0.717) is 23.0 Å². The van der Waals surface area contributed by atoms with Crippen LogP contribution in [-0.2, 0) is 0 Å². The predicted octanol–water partition coefficient (Wildman–Crippen LogP) is 2.08. The smallest absolute Gasteiger partial charge is 0.274 e. The van der Waals surface area contributed by atoms with Gasteiger partial charge in [0.15, 0.2) is 10.8 Å². The lowest BCUT2D eigenvalue weighted by Gasteiger charge is -2.32. The van der Waals surface area contributed by atoms with Crippen LogP contribution >= 0.6 is 11.3 Å². The molecule has 4 heterocycles. The molecule has 1 atom stereocenters. The number of nitrogens with zero attached hydrogens (tertiary/aromatic N) is 5. The standard InChI is InChI=1S/C16H16N6OS/c17-16-21-14-13(24-16)4-3-11(20-14)10-2-1-7-22(9-10)15(23)12-8-18-5-6-19-12/h3-6,8,10H,1-2,7,9H2,(H2,17,20,21)/t10-/m1/s1. The van der Waals surface area contributed by atoms with Gasteiger partial charge in [-0.25, -0.2) is 15.0 Å². The maximum atomic E-state index is 12.6. The second-order valence-corrected chi connectivity index (χ2v) is 6.85. The number of fused-ring (bicyclic) bond motifs is 1. The van der Waals surface area contributed by atoms with E-state index >= 15 is 0 Å². The Balaban J connectivity index is 1.56. The third kappa shape index (κ3) is 2.80. The molecule has 3 aromatic heterocycles. The van der Waals surface area contributed by atoms with Crippen molar-refractivity contribution in [1.29, 1.82) is 0 Å². The molecule has 122 valence electrons. The lowest BCUT2D eigenvalue weighted by atomic mass is 9.94. The minimum absolute atomic E-state index is 0.0771. The second-order valence-electron chi connectivity index (χ2n) is 5.79. The Hall–Kier alpha value is -2.61. The topological polar surface area (TPSA) is 97.9 Å². The van der Waals surface area contributed by atoms with E-state index in [-0.39, 0.29) is 11.8 Å². The van der Waals surface area contributed by atoms with Gasteiger partial charge < -0.3 is 10.6 Å². The molecular weight excluding hydrogens is 324 g/mol. The molecular formula is C16H16N6OS. The highest BCUT2D eigenvalue weighted by molar-refractivity contribution is 7.21. The van der Waals surface area contributed by atoms with Crippen molar-refractivity contribution in [2.45, 2.75) is 18.8 Å². The summed E-state index contributed by atoms with van der Waals surface area (Å²) in [7, 11) is 0. The van der Waals surface area contributed by atoms with Crippen LogP contribution in [0.4, 0.5) is 5.13 Å². The van der Waals surface area contributed by atoms with Crippen LogP contribution in [0.3, 0.4) is 0 Å². The van der Waals surface area contributed by atoms with Crippen LogP contribution in [0.1, 0.15) is 34.9 Å². The summed E-state index contributed by atoms with van der Waals surface area (Å²) in [4.78, 5) is 31.4. The number of anilines is 1. The summed E-state index contributed by atoms with van der Waals surface area (Å²) in [6.07, 6.45) is 6.55. The monoisotopic (exact) mass is 340 g/mol. The molecule has 4 rings (SSSR count). The summed E-state index contributed by atoms with van der Waals surface area (Å²) >= 11 is 1.43. The number of carbonyl (C=O) groups is 1. The van der Waals surface area contributed by atoms with Crippen molar-refractivity contribution >= 4 is 32.7 Å². The second kappa shape index (κ2) is 6.12. The number of nitrogens with two attached hydrogens (primary N) is 1. The molecule has 24 heavy (non-hydrogen) atoms. The number of amides is 1. The van der Waals surface area contributed by atoms with E-state index in [2.05, 4.69) is 19.9 Å². The third-order valence-electron chi connectivity index (χ3n) is 4.20. The summed E-state index contributed by atoms with van der Waals surface area (Å²) in [6.45, 7) is 1.37. The number of aromatic nitrogens is 4. The number of pyridine rings is 1. The largest absolute Gasteiger partial charge is 0.375 e. The summed E-state index contributed by atoms with van der Waals surface area (Å²) in [5.41, 5.74) is 7.78. The van der Waals surface area contributed by atoms with Gasteiger partial charge in [0.2, 0.25) is 0 Å². The molecule has 1 amide bonds. The first-order chi connectivity index (χ1) is 11.7. The van der Waals surface area contributed by atoms with Crippen molar-refractivity contribution in [1.82, 2.24) is 24.8 Å². The number of nitrogen functional groups attached to an aromatic ring is 1. The van der Waals surface area contributed by atoms with Crippen LogP contribution in [0.5, 0.6) is 0 Å². The van der Waals surface area contributed by atoms with Gasteiger partial charge in [-0.1, -0.05) is 11.3 Å². The highest BCUT2D eigenvalue weighted by Crippen LogP contribution is 2.29. The van der Waals surface area contributed by atoms with E-state index in [0.717, 1.165) is 29.8 Å². The molecule has 1 aliphatic heterocycles. The fraction of sp³-hybridized carbons (Fsp3) is 0.312. The Morgan fingerprint density at radius 3 is 3.04 bits per heavy atom. The first kappa shape index (κ1) is 14.9. The van der Waals surface area contributed by atoms with E-state index < -0.39 is 0 Å². The zero-order valence-corrected chi connectivity index (χ0v) is 13.7. The van der Waals surface area contributed by atoms with Crippen molar-refractivity contribution in [3.63, 3.8) is 0 Å². The van der Waals surface area contributed by atoms with Crippen LogP contribution < -0.4 is 5.73 Å². The van der Waals surface area contributed by atoms with E-state index in [1.54, 1.807) is 6.20 Å². The fourth-order valence-corrected chi connectivity index (χ4v) is 3.73. The summed E-state index contributed by atoms with van der Waals surface area (Å²) in [5.74, 6) is 0.124. The highest BCUT2D eigenvalue weighted by Gasteiger charge is 2.27. The maximum absolute atomic E-state index is 12.6. The number of hydrogen-bond donors (Lipinski definition) is 1. The average molecular weight is 340 g/mol. The first-order valence-corrected chi connectivity index (χ1v) is 8.60. The van der Waals surface area contributed by atoms with Crippen LogP contribution in [-0.4, -0.2) is 43.8 Å². The highest BCUT2D eigenvalue weighted by atomic mass is 32.1. The Morgan fingerprint density at radius 1 is 1.29 bits per heavy atom. The molecule has 0 radical (unpaired) electrons. The summed E-state index contributed by atoms with van der Waals surface area (Å²) in [6, 6.07) is 4.02. The summed E-state index contributed by atoms with van der Waals surface area (Å²) < 4.78 is 0.986. The number of likely N-dealkylation sites (tertiary alicyclic amines) is 1. The van der Waals surface area contributed by atoms with Crippen LogP contribution in [0.2, 0.25) is 0 Å². The van der Waals surface area contributed by atoms with Crippen LogP contribution in [0.25, 0.3) is 10.3 Å². The van der Waals surface area contributed by atoms with Crippen molar-refractivity contribution in [2.24, 2.45) is 0 Å². The molecule has 0 aromatic carbocycles. The van der Waals surface area contributed by atoms with E-state index in [1.807, 2.05) is 17.0 Å². The van der Waals surface area contributed by atoms with Crippen molar-refractivity contribution in [3.8, 4) is 0 Å². The third-order valence-corrected chi connectivity index (χ3v) is 5.04. The van der Waals surface area contributed by atoms with Gasteiger partial charge in [0.1, 0.15) is 5.69 Å². The number of hydrogen-bond acceptors (Lipinski definition) is 7. The Kier molecular flexibility index (Phi) is 3.81. The van der Waals surface area contributed by atoms with E-state index in [4.69, 9.17) is 5.73 Å². The molecule has 1 fully saturated rings. The molecule has 7 nitrogen and oxygen atoms in total. The van der Waals surface area contributed by atoms with Gasteiger partial charge >= 0.3 is 0 Å². The fourth-order valence-electron chi connectivity index (χ4n) is 3.05. The van der Waals surface area contributed by atoms with E-state index in [1.165, 1.54) is 23.7 Å². The molecule has 2 N–H and O–H groups in total. The average Bonchev–Trinajstić information content (AvgIpc) is 3.01. The molecule has 0 spiro atoms. The molecule has 1 saturated heterocycles. The van der Waals surface area contributed by atoms with Crippen molar-refractivity contribution in [2.75, 3.05) is 18.8 Å². The Labute approximate surface area is 142 Å². The Bertz CT molecular complexity index is 881. The van der Waals surface area contributed by atoms with Gasteiger partial charge in [-0.2, -0.15) is 0 Å². The molecule has 8 heteroatoms. The zero-order chi connectivity index (χ0) is 16.5. The molecule has 0 saturated carbocycles. The minimum atomic E-state index is -0.0771. The van der Waals surface area contributed by atoms with Gasteiger partial charge in [0, 0.05) is 37.1 Å². The van der Waals surface area contributed by atoms with Gasteiger partial charge in [-0.05, 0) is 25.0 Å². The van der Waals surface area contributed by atoms with E-state index in [9.17, 15) is 4.79 Å². The summed E-state index contributed by atoms with van der Waals surface area (Å²) in [5, 5.41) is 0.526. The molecule has 1 aliphatic rings. The minimum Gasteiger partial charge on any atom is -0.375 e. The van der Waals surface area contributed by atoms with Gasteiger partial charge in [0.25, 0.3) is 5.91 Å². The predicted molar refractivity (Wildman–Crippen MR) is 91.7 cm³/mol. The zero-order valence-electron chi connectivity index (χ0n) is 12.9. The lowest BCUT2D eigenvalue weighted by molar-refractivity contribution is 0.0699. The quantitative estimate of drug-likeness (QED) is 0.767. The molecule has 0 aliphatic carbocycles. The number of thiazole rings is 1. The van der Waals surface area contributed by atoms with Gasteiger partial charge in [-0.15, -0.1) is 0 Å². The first-order valence-electron chi connectivity index (χ1n) is 7.79. The number of piperidine rings is 1. The SMILES string of the molecule is Nc1nc2nc([C@@H]3CCCN(C(=O)c4cnccn4)C3)ccc2s1. The van der Waals surface area contributed by atoms with Crippen LogP contribution in [0.15, 0.2) is 30.7 Å². The van der Waals surface area contributed by atoms with Gasteiger partial charge in [0.05, 0.1) is 10.9 Å².